The molecule has 0 spiro atoms. The lowest BCUT2D eigenvalue weighted by molar-refractivity contribution is 0.0559. The molecule has 1 N–H and O–H groups in total. The van der Waals surface area contributed by atoms with E-state index in [1.54, 1.807) is 34.1 Å². The summed E-state index contributed by atoms with van der Waals surface area (Å²) >= 11 is 0. The van der Waals surface area contributed by atoms with Gasteiger partial charge < -0.3 is 19.6 Å². The maximum absolute atomic E-state index is 12.9. The molecular weight excluding hydrogens is 332 g/mol. The number of benzene rings is 2. The van der Waals surface area contributed by atoms with E-state index in [0.717, 1.165) is 23.6 Å². The zero-order chi connectivity index (χ0) is 18.5. The van der Waals surface area contributed by atoms with Crippen molar-refractivity contribution in [1.82, 2.24) is 9.80 Å². The van der Waals surface area contributed by atoms with Crippen molar-refractivity contribution in [1.29, 1.82) is 0 Å². The molecule has 6 heteroatoms. The molecule has 1 aliphatic heterocycles. The third-order valence-electron chi connectivity index (χ3n) is 4.64. The van der Waals surface area contributed by atoms with Crippen molar-refractivity contribution in [3.63, 3.8) is 0 Å². The zero-order valence-electron chi connectivity index (χ0n) is 15.0. The number of nitrogens with zero attached hydrogens (tertiary/aromatic N) is 2. The summed E-state index contributed by atoms with van der Waals surface area (Å²) < 4.78 is 5.23. The monoisotopic (exact) mass is 356 g/mol. The molecular formula is C20H24N2O4. The van der Waals surface area contributed by atoms with Gasteiger partial charge in [0.15, 0.2) is 0 Å². The number of carbonyl (C=O) groups is 2. The Labute approximate surface area is 153 Å². The average Bonchev–Trinajstić information content (AvgIpc) is 2.67. The summed E-state index contributed by atoms with van der Waals surface area (Å²) in [4.78, 5) is 28.3. The van der Waals surface area contributed by atoms with Crippen molar-refractivity contribution >= 4 is 22.8 Å². The molecule has 1 heterocycles. The second-order valence-corrected chi connectivity index (χ2v) is 6.46. The molecule has 2 amide bonds. The molecule has 0 aromatic heterocycles. The van der Waals surface area contributed by atoms with E-state index in [-0.39, 0.29) is 17.7 Å². The lowest BCUT2D eigenvalue weighted by Gasteiger charge is -2.34. The largest absolute Gasteiger partial charge is 0.508 e. The first-order valence-electron chi connectivity index (χ1n) is 9.03. The quantitative estimate of drug-likeness (QED) is 0.854. The Morgan fingerprint density at radius 3 is 2.54 bits per heavy atom. The van der Waals surface area contributed by atoms with Gasteiger partial charge in [0.1, 0.15) is 5.75 Å². The summed E-state index contributed by atoms with van der Waals surface area (Å²) in [5.41, 5.74) is 0.567. The van der Waals surface area contributed by atoms with E-state index in [2.05, 4.69) is 0 Å². The van der Waals surface area contributed by atoms with Crippen LogP contribution in [-0.2, 0) is 4.74 Å². The number of unbranched alkanes of at least 4 members (excludes halogenated alkanes) is 1. The Bertz CT molecular complexity index is 797. The normalized spacial score (nSPS) is 14.5. The fourth-order valence-corrected chi connectivity index (χ4v) is 3.10. The van der Waals surface area contributed by atoms with Gasteiger partial charge in [0.2, 0.25) is 0 Å². The predicted molar refractivity (Wildman–Crippen MR) is 99.3 cm³/mol. The molecule has 0 aliphatic carbocycles. The highest BCUT2D eigenvalue weighted by Crippen LogP contribution is 2.24. The van der Waals surface area contributed by atoms with Crippen LogP contribution in [0.2, 0.25) is 0 Å². The number of phenols is 1. The Balaban J connectivity index is 1.66. The van der Waals surface area contributed by atoms with Gasteiger partial charge in [-0.25, -0.2) is 4.79 Å². The van der Waals surface area contributed by atoms with Gasteiger partial charge >= 0.3 is 6.09 Å². The molecule has 1 saturated heterocycles. The smallest absolute Gasteiger partial charge is 0.409 e. The standard InChI is InChI=1S/C20H24N2O4/c1-2-3-13-26-20(25)22-11-9-21(10-12-22)19(24)17-6-4-5-15-7-8-16(23)14-18(15)17/h4-8,14,23H,2-3,9-13H2,1H3. The zero-order valence-corrected chi connectivity index (χ0v) is 15.0. The number of hydrogen-bond donors (Lipinski definition) is 1. The summed E-state index contributed by atoms with van der Waals surface area (Å²) in [7, 11) is 0. The number of aromatic hydroxyl groups is 1. The Kier molecular flexibility index (Phi) is 5.61. The van der Waals surface area contributed by atoms with Crippen LogP contribution in [-0.4, -0.2) is 59.7 Å². The van der Waals surface area contributed by atoms with Crippen LogP contribution in [0.3, 0.4) is 0 Å². The van der Waals surface area contributed by atoms with Crippen LogP contribution in [0.25, 0.3) is 10.8 Å². The molecule has 2 aromatic carbocycles. The number of amides is 2. The van der Waals surface area contributed by atoms with Gasteiger partial charge in [0.25, 0.3) is 5.91 Å². The van der Waals surface area contributed by atoms with Crippen LogP contribution in [0.4, 0.5) is 4.79 Å². The molecule has 0 radical (unpaired) electrons. The van der Waals surface area contributed by atoms with Gasteiger partial charge in [0, 0.05) is 31.7 Å². The molecule has 0 bridgehead atoms. The molecule has 1 fully saturated rings. The minimum Gasteiger partial charge on any atom is -0.508 e. The van der Waals surface area contributed by atoms with E-state index in [1.807, 2.05) is 19.1 Å². The van der Waals surface area contributed by atoms with E-state index in [4.69, 9.17) is 4.74 Å². The van der Waals surface area contributed by atoms with Crippen LogP contribution in [0, 0.1) is 0 Å². The molecule has 0 unspecified atom stereocenters. The SMILES string of the molecule is CCCCOC(=O)N1CCN(C(=O)c2cccc3ccc(O)cc23)CC1. The van der Waals surface area contributed by atoms with Crippen molar-refractivity contribution < 1.29 is 19.4 Å². The highest BCUT2D eigenvalue weighted by Gasteiger charge is 2.26. The van der Waals surface area contributed by atoms with Gasteiger partial charge in [-0.15, -0.1) is 0 Å². The highest BCUT2D eigenvalue weighted by molar-refractivity contribution is 6.07. The fourth-order valence-electron chi connectivity index (χ4n) is 3.10. The molecule has 3 rings (SSSR count). The minimum absolute atomic E-state index is 0.0831. The molecule has 26 heavy (non-hydrogen) atoms. The van der Waals surface area contributed by atoms with E-state index >= 15 is 0 Å². The van der Waals surface area contributed by atoms with Gasteiger partial charge in [-0.1, -0.05) is 31.5 Å². The van der Waals surface area contributed by atoms with Gasteiger partial charge in [-0.2, -0.15) is 0 Å². The van der Waals surface area contributed by atoms with Crippen molar-refractivity contribution in [2.24, 2.45) is 0 Å². The van der Waals surface area contributed by atoms with Gasteiger partial charge in [0.05, 0.1) is 6.61 Å². The second-order valence-electron chi connectivity index (χ2n) is 6.46. The number of ether oxygens (including phenoxy) is 1. The van der Waals surface area contributed by atoms with Gasteiger partial charge in [-0.05, 0) is 35.4 Å². The average molecular weight is 356 g/mol. The van der Waals surface area contributed by atoms with E-state index in [0.29, 0.717) is 38.3 Å². The summed E-state index contributed by atoms with van der Waals surface area (Å²) in [6, 6.07) is 10.5. The van der Waals surface area contributed by atoms with Crippen molar-refractivity contribution in [3.8, 4) is 5.75 Å². The second kappa shape index (κ2) is 8.08. The van der Waals surface area contributed by atoms with Crippen molar-refractivity contribution in [2.75, 3.05) is 32.8 Å². The van der Waals surface area contributed by atoms with E-state index in [1.165, 1.54) is 0 Å². The van der Waals surface area contributed by atoms with Crippen LogP contribution in [0.5, 0.6) is 5.75 Å². The van der Waals surface area contributed by atoms with Crippen LogP contribution < -0.4 is 0 Å². The number of carbonyl (C=O) groups excluding carboxylic acids is 2. The van der Waals surface area contributed by atoms with Crippen LogP contribution in [0.1, 0.15) is 30.1 Å². The number of piperazine rings is 1. The molecule has 1 aliphatic rings. The first-order valence-corrected chi connectivity index (χ1v) is 9.03. The molecule has 2 aromatic rings. The third kappa shape index (κ3) is 3.90. The highest BCUT2D eigenvalue weighted by atomic mass is 16.6. The maximum atomic E-state index is 12.9. The number of phenolic OH excluding ortho intramolecular Hbond substituents is 1. The first-order chi connectivity index (χ1) is 12.6. The number of fused-ring (bicyclic) bond motifs is 1. The minimum atomic E-state index is -0.305. The molecule has 0 saturated carbocycles. The topological polar surface area (TPSA) is 70.1 Å². The summed E-state index contributed by atoms with van der Waals surface area (Å²) in [6.45, 7) is 4.35. The number of rotatable bonds is 4. The Hall–Kier alpha value is -2.76. The third-order valence-corrected chi connectivity index (χ3v) is 4.64. The Morgan fingerprint density at radius 2 is 1.81 bits per heavy atom. The lowest BCUT2D eigenvalue weighted by Crippen LogP contribution is -2.50. The molecule has 0 atom stereocenters. The summed E-state index contributed by atoms with van der Waals surface area (Å²) in [6.07, 6.45) is 1.54. The van der Waals surface area contributed by atoms with Crippen molar-refractivity contribution in [2.45, 2.75) is 19.8 Å². The predicted octanol–water partition coefficient (Wildman–Crippen LogP) is 3.24. The van der Waals surface area contributed by atoms with E-state index < -0.39 is 0 Å². The number of hydrogen-bond acceptors (Lipinski definition) is 4. The van der Waals surface area contributed by atoms with E-state index in [9.17, 15) is 14.7 Å². The Morgan fingerprint density at radius 1 is 1.08 bits per heavy atom. The van der Waals surface area contributed by atoms with Crippen LogP contribution in [0.15, 0.2) is 36.4 Å². The van der Waals surface area contributed by atoms with Gasteiger partial charge in [-0.3, -0.25) is 4.79 Å². The fraction of sp³-hybridized carbons (Fsp3) is 0.400. The first kappa shape index (κ1) is 18.0. The molecule has 138 valence electrons. The molecule has 6 nitrogen and oxygen atoms in total. The summed E-state index contributed by atoms with van der Waals surface area (Å²) in [5, 5.41) is 11.4. The van der Waals surface area contributed by atoms with Crippen molar-refractivity contribution in [3.05, 3.63) is 42.0 Å². The van der Waals surface area contributed by atoms with Crippen LogP contribution >= 0.6 is 0 Å². The maximum Gasteiger partial charge on any atom is 0.409 e. The lowest BCUT2D eigenvalue weighted by atomic mass is 10.0. The summed E-state index contributed by atoms with van der Waals surface area (Å²) in [5.74, 6) is 0.0533.